The molecule has 3 atom stereocenters. The fourth-order valence-electron chi connectivity index (χ4n) is 8.04. The number of esters is 1. The molecule has 1 aromatic carbocycles. The van der Waals surface area contributed by atoms with Crippen LogP contribution < -0.4 is 42.8 Å². The molecule has 3 aromatic rings. The van der Waals surface area contributed by atoms with Gasteiger partial charge in [-0.1, -0.05) is 13.0 Å². The molecule has 23 nitrogen and oxygen atoms in total. The second-order valence-corrected chi connectivity index (χ2v) is 18.2. The zero-order valence-electron chi connectivity index (χ0n) is 41.2. The van der Waals surface area contributed by atoms with E-state index in [-0.39, 0.29) is 68.2 Å². The summed E-state index contributed by atoms with van der Waals surface area (Å²) in [5.41, 5.74) is 7.16. The molecule has 0 fully saturated rings. The first-order valence-electron chi connectivity index (χ1n) is 23.1. The van der Waals surface area contributed by atoms with Crippen LogP contribution >= 0.6 is 0 Å². The number of ether oxygens (including phenoxy) is 2. The van der Waals surface area contributed by atoms with Gasteiger partial charge in [-0.05, 0) is 61.6 Å². The predicted molar refractivity (Wildman–Crippen MR) is 263 cm³/mol. The van der Waals surface area contributed by atoms with Crippen molar-refractivity contribution in [2.45, 2.75) is 82.2 Å². The van der Waals surface area contributed by atoms with Crippen molar-refractivity contribution >= 4 is 90.5 Å². The number of aliphatic carboxylic acids is 1. The van der Waals surface area contributed by atoms with Crippen molar-refractivity contribution in [2.24, 2.45) is 0 Å². The van der Waals surface area contributed by atoms with Crippen molar-refractivity contribution in [3.05, 3.63) is 86.5 Å². The fourth-order valence-corrected chi connectivity index (χ4v) is 8.43. The van der Waals surface area contributed by atoms with Crippen molar-refractivity contribution in [1.29, 1.82) is 0 Å². The maximum absolute atomic E-state index is 14.7. The molecule has 6 rings (SSSR count). The molecule has 391 valence electrons. The van der Waals surface area contributed by atoms with Gasteiger partial charge in [-0.2, -0.15) is 0 Å². The number of carbonyl (C=O) groups excluding carboxylic acids is 8. The van der Waals surface area contributed by atoms with E-state index in [1.165, 1.54) is 13.0 Å². The molecule has 2 aliphatic heterocycles. The van der Waals surface area contributed by atoms with Crippen molar-refractivity contribution in [3.63, 3.8) is 0 Å². The van der Waals surface area contributed by atoms with E-state index in [0.29, 0.717) is 47.5 Å². The molecule has 7 amide bonds. The van der Waals surface area contributed by atoms with E-state index in [9.17, 15) is 52.3 Å². The van der Waals surface area contributed by atoms with Gasteiger partial charge >= 0.3 is 133 Å². The van der Waals surface area contributed by atoms with Gasteiger partial charge in [0.1, 0.15) is 19.2 Å². The molecule has 0 saturated carbocycles. The summed E-state index contributed by atoms with van der Waals surface area (Å²) in [6.07, 6.45) is 6.31. The van der Waals surface area contributed by atoms with Crippen LogP contribution in [0.2, 0.25) is 3.98 Å². The normalized spacial score (nSPS) is 14.5. The molecule has 0 spiro atoms. The Bertz CT molecular complexity index is 2700. The van der Waals surface area contributed by atoms with Gasteiger partial charge in [0.2, 0.25) is 12.3 Å². The third-order valence-corrected chi connectivity index (χ3v) is 14.0. The number of carboxylic acid groups (broad SMARTS) is 1. The van der Waals surface area contributed by atoms with Crippen LogP contribution in [0.25, 0.3) is 22.3 Å². The molecule has 3 aliphatic rings. The van der Waals surface area contributed by atoms with Crippen LogP contribution in [0.3, 0.4) is 0 Å². The number of hydrogen-bond acceptors (Lipinski definition) is 15. The molecule has 8 N–H and O–H groups in total. The Kier molecular flexibility index (Phi) is 22.9. The van der Waals surface area contributed by atoms with Gasteiger partial charge in [0.05, 0.1) is 48.7 Å². The minimum absolute atomic E-state index is 0.0222. The maximum atomic E-state index is 14.7. The van der Waals surface area contributed by atoms with E-state index < -0.39 is 54.7 Å². The zero-order valence-corrected chi connectivity index (χ0v) is 45.0. The summed E-state index contributed by atoms with van der Waals surface area (Å²) in [4.78, 5) is 121. The number of imide groups is 1. The molecule has 3 radical (unpaired) electrons. The molecule has 1 aliphatic carbocycles. The fraction of sp³-hybridized carbons (Fsp3) is 0.438. The molecule has 25 heteroatoms. The number of carbonyl (C=O) groups is 9. The quantitative estimate of drug-likeness (QED) is 0.00840. The van der Waals surface area contributed by atoms with E-state index in [2.05, 4.69) is 43.8 Å². The summed E-state index contributed by atoms with van der Waals surface area (Å²) in [5, 5.41) is 27.5. The number of halogens is 1. The van der Waals surface area contributed by atoms with Crippen LogP contribution in [-0.2, 0) is 78.6 Å². The minimum Gasteiger partial charge on any atom is -0.480 e. The minimum atomic E-state index is -1.34. The van der Waals surface area contributed by atoms with Gasteiger partial charge in [0, 0.05) is 42.1 Å². The van der Waals surface area contributed by atoms with E-state index in [4.69, 9.17) is 19.6 Å². The van der Waals surface area contributed by atoms with Crippen molar-refractivity contribution < 1.29 is 62.1 Å². The molecule has 3 unspecified atom stereocenters. The summed E-state index contributed by atoms with van der Waals surface area (Å²) in [6.45, 7) is 9.75. The van der Waals surface area contributed by atoms with Crippen molar-refractivity contribution in [1.82, 2.24) is 51.7 Å². The average Bonchev–Trinajstić information content (AvgIpc) is 3.90. The van der Waals surface area contributed by atoms with Crippen LogP contribution in [0.15, 0.2) is 41.7 Å². The van der Waals surface area contributed by atoms with E-state index in [1.807, 2.05) is 33.9 Å². The number of benzene rings is 1. The Morgan fingerprint density at radius 2 is 1.68 bits per heavy atom. The molecular weight excluding hydrogens is 1150 g/mol. The van der Waals surface area contributed by atoms with Gasteiger partial charge in [0.15, 0.2) is 0 Å². The Morgan fingerprint density at radius 3 is 2.30 bits per heavy atom. The Labute approximate surface area is 435 Å². The summed E-state index contributed by atoms with van der Waals surface area (Å²) >= 11 is 0.931. The van der Waals surface area contributed by atoms with E-state index >= 15 is 0 Å². The summed E-state index contributed by atoms with van der Waals surface area (Å²) in [5.74, 6) is -5.38. The average molecular weight is 1210 g/mol. The third kappa shape index (κ3) is 15.9. The van der Waals surface area contributed by atoms with Gasteiger partial charge in [-0.3, -0.25) is 33.6 Å². The van der Waals surface area contributed by atoms with Crippen LogP contribution in [-0.4, -0.2) is 164 Å². The number of aromatic nitrogens is 2. The number of rotatable bonds is 23. The monoisotopic (exact) mass is 1210 g/mol. The standard InChI is InChI=1S/C25H26FN3O3.C16H22N5O7.C7H12N2O3.Pb/c1-5-14-8-21-24-16(10-29(21)25(31)17(14)11-32-13(3)30)23-19(27-4)7-6-15-12(2)18(26)9-20(28-24)22(15)23;1-9(2)20-12(23)7-18-11(22)6-19-16(28)10(5-17-8-15(26)27)21-13(24)3-4-14(21)25;1-2-3-12-6-9-7(11)4-8-5-10;/h8-9,19,27H,5-7,10-11H2,1-4H3;3-4,9-10,17H,1,5-8H2,2H3,(H,18,22)(H,19,28)(H,20,23)(H,26,27);2,5H,1,3-4,6H2,(H,8,10)(H,9,11);. The number of aryl methyl sites for hydroxylation is 2. The number of nitrogens with zero attached hydrogens (tertiary/aromatic N) is 3. The number of amides is 7. The molecule has 4 heterocycles. The first-order valence-corrected chi connectivity index (χ1v) is 25.9. The van der Waals surface area contributed by atoms with Gasteiger partial charge in [-0.25, -0.2) is 9.37 Å². The van der Waals surface area contributed by atoms with E-state index in [1.54, 1.807) is 10.6 Å². The van der Waals surface area contributed by atoms with Crippen LogP contribution in [0.1, 0.15) is 66.6 Å². The molecule has 73 heavy (non-hydrogen) atoms. The first-order chi connectivity index (χ1) is 34.8. The Hall–Kier alpha value is -6.78. The third-order valence-electron chi connectivity index (χ3n) is 11.6. The summed E-state index contributed by atoms with van der Waals surface area (Å²) < 4.78 is 27.3. The van der Waals surface area contributed by atoms with E-state index in [0.717, 1.165) is 93.8 Å². The van der Waals surface area contributed by atoms with Gasteiger partial charge < -0.3 is 40.4 Å². The van der Waals surface area contributed by atoms with Crippen LogP contribution in [0, 0.1) is 12.7 Å². The number of nitrogens with one attached hydrogen (secondary N) is 7. The number of carboxylic acids is 1. The topological polar surface area (TPSA) is 315 Å². The van der Waals surface area contributed by atoms with Crippen LogP contribution in [0.4, 0.5) is 4.39 Å². The zero-order chi connectivity index (χ0) is 53.9. The van der Waals surface area contributed by atoms with Crippen molar-refractivity contribution in [2.75, 3.05) is 53.1 Å². The van der Waals surface area contributed by atoms with Crippen molar-refractivity contribution in [3.8, 4) is 11.4 Å². The summed E-state index contributed by atoms with van der Waals surface area (Å²) in [7, 11) is 1.94. The molecule has 0 bridgehead atoms. The SMILES string of the molecule is C=CCOCNC(=O)CNC=O.CC([CH2][Pb])NC(=O)CNC(=O)CNC(=O)C(CNCC(=O)O)N1C(=O)C=CC1=O.CCc1cc2n(c(=O)c1COC(C)=O)Cc1c-2nc2cc(F)c(C)c3c2c1C(NC)CC3. The van der Waals surface area contributed by atoms with Gasteiger partial charge in [0.25, 0.3) is 17.4 Å². The second-order valence-electron chi connectivity index (χ2n) is 16.6. The molecular formula is C48H60FN10O13Pb. The number of fused-ring (bicyclic) bond motifs is 4. The number of pyridine rings is 2. The van der Waals surface area contributed by atoms with Gasteiger partial charge in [-0.15, -0.1) is 6.58 Å². The smallest absolute Gasteiger partial charge is 0.480 e. The molecule has 2 aromatic heterocycles. The first kappa shape index (κ1) is 58.8. The molecule has 0 saturated heterocycles. The second kappa shape index (κ2) is 28.5. The van der Waals surface area contributed by atoms with Crippen LogP contribution in [0.5, 0.6) is 0 Å². The Balaban J connectivity index is 0.000000261. The Morgan fingerprint density at radius 1 is 1.00 bits per heavy atom. The number of hydrogen-bond donors (Lipinski definition) is 8. The predicted octanol–water partition coefficient (Wildman–Crippen LogP) is -1.01. The summed E-state index contributed by atoms with van der Waals surface area (Å²) in [6, 6.07) is 2.29.